The van der Waals surface area contributed by atoms with Crippen LogP contribution in [0.25, 0.3) is 0 Å². The molecule has 2 aromatic rings. The van der Waals surface area contributed by atoms with Crippen molar-refractivity contribution in [2.45, 2.75) is 4.90 Å². The molecule has 0 aliphatic rings. The molecule has 0 saturated heterocycles. The van der Waals surface area contributed by atoms with Crippen LogP contribution in [0, 0.1) is 0 Å². The third kappa shape index (κ3) is 5.19. The molecule has 30 heavy (non-hydrogen) atoms. The van der Waals surface area contributed by atoms with E-state index in [1.165, 1.54) is 46.7 Å². The Bertz CT molecular complexity index is 1040. The van der Waals surface area contributed by atoms with Crippen LogP contribution in [0.4, 0.5) is 0 Å². The van der Waals surface area contributed by atoms with Gasteiger partial charge in [0.25, 0.3) is 5.91 Å². The van der Waals surface area contributed by atoms with Gasteiger partial charge in [0.1, 0.15) is 16.4 Å². The molecular weight excluding hydrogens is 414 g/mol. The van der Waals surface area contributed by atoms with E-state index in [4.69, 9.17) is 14.2 Å². The quantitative estimate of drug-likeness (QED) is 0.446. The van der Waals surface area contributed by atoms with Gasteiger partial charge in [-0.3, -0.25) is 4.79 Å². The summed E-state index contributed by atoms with van der Waals surface area (Å²) < 4.78 is 41.7. The van der Waals surface area contributed by atoms with Crippen molar-refractivity contribution in [1.29, 1.82) is 0 Å². The Balaban J connectivity index is 2.10. The van der Waals surface area contributed by atoms with E-state index in [1.807, 2.05) is 0 Å². The van der Waals surface area contributed by atoms with Crippen molar-refractivity contribution >= 4 is 22.1 Å². The SMILES string of the molecule is COc1ccc(OC)c(S(=O)(=O)N(C)CC(=O)N/N=C/c2cccc(OC)c2O)c1. The fourth-order valence-electron chi connectivity index (χ4n) is 2.46. The number of nitrogens with one attached hydrogen (secondary N) is 1. The molecule has 0 unspecified atom stereocenters. The number of nitrogens with zero attached hydrogens (tertiary/aromatic N) is 2. The molecule has 0 heterocycles. The molecule has 0 spiro atoms. The van der Waals surface area contributed by atoms with Crippen molar-refractivity contribution in [1.82, 2.24) is 9.73 Å². The third-order valence-corrected chi connectivity index (χ3v) is 5.89. The number of hydrazone groups is 1. The lowest BCUT2D eigenvalue weighted by Gasteiger charge is -2.18. The minimum atomic E-state index is -4.04. The molecule has 2 rings (SSSR count). The van der Waals surface area contributed by atoms with Crippen molar-refractivity contribution in [2.75, 3.05) is 34.9 Å². The summed E-state index contributed by atoms with van der Waals surface area (Å²) in [5.74, 6) is -0.114. The molecule has 2 N–H and O–H groups in total. The first kappa shape index (κ1) is 23.0. The predicted octanol–water partition coefficient (Wildman–Crippen LogP) is 1.19. The molecule has 162 valence electrons. The number of likely N-dealkylation sites (N-methyl/N-ethyl adjacent to an activating group) is 1. The van der Waals surface area contributed by atoms with Crippen LogP contribution >= 0.6 is 0 Å². The van der Waals surface area contributed by atoms with Crippen LogP contribution in [0.15, 0.2) is 46.4 Å². The normalized spacial score (nSPS) is 11.5. The number of carbonyl (C=O) groups is 1. The van der Waals surface area contributed by atoms with E-state index in [2.05, 4.69) is 10.5 Å². The zero-order valence-electron chi connectivity index (χ0n) is 16.9. The van der Waals surface area contributed by atoms with Gasteiger partial charge in [-0.15, -0.1) is 0 Å². The van der Waals surface area contributed by atoms with Gasteiger partial charge in [-0.25, -0.2) is 13.8 Å². The number of amides is 1. The number of sulfonamides is 1. The van der Waals surface area contributed by atoms with Crippen molar-refractivity contribution in [3.63, 3.8) is 0 Å². The van der Waals surface area contributed by atoms with Gasteiger partial charge in [0.15, 0.2) is 11.5 Å². The van der Waals surface area contributed by atoms with E-state index < -0.39 is 22.5 Å². The highest BCUT2D eigenvalue weighted by molar-refractivity contribution is 7.89. The third-order valence-electron chi connectivity index (χ3n) is 4.07. The number of phenols is 1. The minimum Gasteiger partial charge on any atom is -0.504 e. The van der Waals surface area contributed by atoms with Crippen LogP contribution < -0.4 is 19.6 Å². The van der Waals surface area contributed by atoms with Gasteiger partial charge in [0, 0.05) is 18.7 Å². The number of hydrogen-bond donors (Lipinski definition) is 2. The first-order valence-electron chi connectivity index (χ1n) is 8.60. The number of carbonyl (C=O) groups excluding carboxylic acids is 1. The largest absolute Gasteiger partial charge is 0.504 e. The summed E-state index contributed by atoms with van der Waals surface area (Å²) in [4.78, 5) is 12.0. The number of hydrogen-bond acceptors (Lipinski definition) is 8. The zero-order valence-corrected chi connectivity index (χ0v) is 17.8. The van der Waals surface area contributed by atoms with Crippen molar-refractivity contribution < 1.29 is 32.5 Å². The lowest BCUT2D eigenvalue weighted by molar-refractivity contribution is -0.121. The molecule has 0 aromatic heterocycles. The van der Waals surface area contributed by atoms with Gasteiger partial charge in [-0.05, 0) is 24.3 Å². The molecule has 0 aliphatic carbocycles. The molecule has 2 aromatic carbocycles. The topological polar surface area (TPSA) is 127 Å². The Hall–Kier alpha value is -3.31. The van der Waals surface area contributed by atoms with Gasteiger partial charge in [-0.1, -0.05) is 6.07 Å². The predicted molar refractivity (Wildman–Crippen MR) is 110 cm³/mol. The first-order chi connectivity index (χ1) is 14.2. The zero-order chi connectivity index (χ0) is 22.3. The highest BCUT2D eigenvalue weighted by Gasteiger charge is 2.27. The standard InChI is InChI=1S/C19H23N3O7S/c1-22(30(25,26)17-10-14(27-2)8-9-15(17)28-3)12-18(23)21-20-11-13-6-5-7-16(29-4)19(13)24/h5-11,24H,12H2,1-4H3,(H,21,23)/b20-11+. The Morgan fingerprint density at radius 2 is 1.83 bits per heavy atom. The van der Waals surface area contributed by atoms with Gasteiger partial charge in [0.2, 0.25) is 10.0 Å². The molecule has 0 atom stereocenters. The summed E-state index contributed by atoms with van der Waals surface area (Å²) >= 11 is 0. The number of ether oxygens (including phenoxy) is 3. The fourth-order valence-corrected chi connectivity index (χ4v) is 3.75. The Morgan fingerprint density at radius 1 is 1.13 bits per heavy atom. The monoisotopic (exact) mass is 437 g/mol. The van der Waals surface area contributed by atoms with Crippen LogP contribution in [0.3, 0.4) is 0 Å². The maximum atomic E-state index is 12.9. The minimum absolute atomic E-state index is 0.120. The molecular formula is C19H23N3O7S. The molecule has 0 fully saturated rings. The molecule has 11 heteroatoms. The van der Waals surface area contributed by atoms with Gasteiger partial charge >= 0.3 is 0 Å². The van der Waals surface area contributed by atoms with Crippen LogP contribution in [-0.2, 0) is 14.8 Å². The second-order valence-corrected chi connectivity index (χ2v) is 7.98. The molecule has 1 amide bonds. The van der Waals surface area contributed by atoms with Crippen LogP contribution in [0.1, 0.15) is 5.56 Å². The Morgan fingerprint density at radius 3 is 2.47 bits per heavy atom. The smallest absolute Gasteiger partial charge is 0.255 e. The summed E-state index contributed by atoms with van der Waals surface area (Å²) in [5.41, 5.74) is 2.53. The maximum Gasteiger partial charge on any atom is 0.255 e. The molecule has 0 aliphatic heterocycles. The highest BCUT2D eigenvalue weighted by atomic mass is 32.2. The average molecular weight is 437 g/mol. The van der Waals surface area contributed by atoms with Gasteiger partial charge in [0.05, 0.1) is 34.1 Å². The highest BCUT2D eigenvalue weighted by Crippen LogP contribution is 2.30. The van der Waals surface area contributed by atoms with E-state index in [0.717, 1.165) is 4.31 Å². The van der Waals surface area contributed by atoms with Crippen molar-refractivity contribution in [3.05, 3.63) is 42.0 Å². The van der Waals surface area contributed by atoms with E-state index in [0.29, 0.717) is 11.3 Å². The summed E-state index contributed by atoms with van der Waals surface area (Å²) in [6.07, 6.45) is 1.22. The molecule has 0 saturated carbocycles. The van der Waals surface area contributed by atoms with E-state index in [9.17, 15) is 18.3 Å². The van der Waals surface area contributed by atoms with Crippen LogP contribution in [-0.4, -0.2) is 64.9 Å². The lowest BCUT2D eigenvalue weighted by atomic mass is 10.2. The van der Waals surface area contributed by atoms with Crippen LogP contribution in [0.2, 0.25) is 0 Å². The Kier molecular flexibility index (Phi) is 7.61. The number of aromatic hydroxyl groups is 1. The van der Waals surface area contributed by atoms with Gasteiger partial charge in [-0.2, -0.15) is 9.41 Å². The molecule has 0 radical (unpaired) electrons. The van der Waals surface area contributed by atoms with E-state index in [1.54, 1.807) is 24.3 Å². The summed E-state index contributed by atoms with van der Waals surface area (Å²) in [5, 5.41) is 13.7. The molecule has 10 nitrogen and oxygen atoms in total. The number of para-hydroxylation sites is 1. The number of rotatable bonds is 9. The maximum absolute atomic E-state index is 12.9. The number of phenolic OH excluding ortho intramolecular Hbond substituents is 1. The Labute approximate surface area is 174 Å². The number of methoxy groups -OCH3 is 3. The molecule has 0 bridgehead atoms. The summed E-state index contributed by atoms with van der Waals surface area (Å²) in [6, 6.07) is 9.12. The first-order valence-corrected chi connectivity index (χ1v) is 10.0. The van der Waals surface area contributed by atoms with E-state index in [-0.39, 0.29) is 22.1 Å². The lowest BCUT2D eigenvalue weighted by Crippen LogP contribution is -2.36. The van der Waals surface area contributed by atoms with Crippen molar-refractivity contribution in [2.24, 2.45) is 5.10 Å². The fraction of sp³-hybridized carbons (Fsp3) is 0.263. The van der Waals surface area contributed by atoms with Crippen LogP contribution in [0.5, 0.6) is 23.0 Å². The second-order valence-electron chi connectivity index (χ2n) is 5.97. The van der Waals surface area contributed by atoms with E-state index >= 15 is 0 Å². The summed E-state index contributed by atoms with van der Waals surface area (Å²) in [7, 11) is 1.37. The van der Waals surface area contributed by atoms with Gasteiger partial charge < -0.3 is 19.3 Å². The summed E-state index contributed by atoms with van der Waals surface area (Å²) in [6.45, 7) is -0.496. The average Bonchev–Trinajstić information content (AvgIpc) is 2.74. The number of benzene rings is 2. The second kappa shape index (κ2) is 9.94. The van der Waals surface area contributed by atoms with Crippen molar-refractivity contribution in [3.8, 4) is 23.0 Å².